The Morgan fingerprint density at radius 1 is 1.12 bits per heavy atom. The molecule has 32 heavy (non-hydrogen) atoms. The highest BCUT2D eigenvalue weighted by Crippen LogP contribution is 2.38. The van der Waals surface area contributed by atoms with Crippen molar-refractivity contribution >= 4 is 41.3 Å². The maximum absolute atomic E-state index is 12.8. The number of rotatable bonds is 6. The van der Waals surface area contributed by atoms with Gasteiger partial charge in [0.05, 0.1) is 12.6 Å². The first kappa shape index (κ1) is 22.9. The average molecular weight is 476 g/mol. The lowest BCUT2D eigenvalue weighted by Crippen LogP contribution is -2.46. The molecule has 0 aromatic heterocycles. The number of aryl methyl sites for hydroxylation is 1. The topological polar surface area (TPSA) is 53.1 Å². The summed E-state index contributed by atoms with van der Waals surface area (Å²) in [6.45, 7) is 4.13. The Morgan fingerprint density at radius 3 is 2.53 bits per heavy atom. The Hall–Kier alpha value is -2.28. The van der Waals surface area contributed by atoms with Gasteiger partial charge in [-0.05, 0) is 59.9 Å². The molecule has 0 bridgehead atoms. The number of nitrogens with zero attached hydrogens (tertiary/aromatic N) is 3. The van der Waals surface area contributed by atoms with Crippen LogP contribution in [0.3, 0.4) is 0 Å². The second kappa shape index (κ2) is 10.1. The molecule has 1 atom stereocenters. The zero-order chi connectivity index (χ0) is 22.7. The van der Waals surface area contributed by atoms with Crippen molar-refractivity contribution in [1.29, 1.82) is 0 Å². The van der Waals surface area contributed by atoms with E-state index in [9.17, 15) is 9.59 Å². The molecule has 8 heteroatoms. The van der Waals surface area contributed by atoms with Gasteiger partial charge in [0, 0.05) is 49.0 Å². The first-order valence-electron chi connectivity index (χ1n) is 10.8. The van der Waals surface area contributed by atoms with Gasteiger partial charge in [-0.1, -0.05) is 29.3 Å². The molecule has 1 heterocycles. The van der Waals surface area contributed by atoms with Crippen LogP contribution in [0.4, 0.5) is 10.5 Å². The van der Waals surface area contributed by atoms with Crippen molar-refractivity contribution in [1.82, 2.24) is 9.80 Å². The molecule has 1 saturated heterocycles. The summed E-state index contributed by atoms with van der Waals surface area (Å²) in [6.07, 6.45) is 2.41. The van der Waals surface area contributed by atoms with Gasteiger partial charge in [0.25, 0.3) is 0 Å². The van der Waals surface area contributed by atoms with Crippen LogP contribution in [0, 0.1) is 0 Å². The van der Waals surface area contributed by atoms with Crippen LogP contribution in [0.1, 0.15) is 29.2 Å². The summed E-state index contributed by atoms with van der Waals surface area (Å²) >= 11 is 12.1. The molecule has 2 aliphatic rings. The molecular weight excluding hydrogens is 449 g/mol. The van der Waals surface area contributed by atoms with Crippen molar-refractivity contribution in [3.8, 4) is 0 Å². The summed E-state index contributed by atoms with van der Waals surface area (Å²) < 4.78 is 5.53. The number of amides is 1. The van der Waals surface area contributed by atoms with Gasteiger partial charge >= 0.3 is 6.09 Å². The molecule has 1 fully saturated rings. The molecule has 2 aromatic carbocycles. The zero-order valence-electron chi connectivity index (χ0n) is 18.1. The maximum atomic E-state index is 12.8. The summed E-state index contributed by atoms with van der Waals surface area (Å²) in [7, 11) is 1.79. The summed E-state index contributed by atoms with van der Waals surface area (Å²) in [5.41, 5.74) is 4.38. The molecule has 2 aromatic rings. The number of anilines is 1. The minimum Gasteiger partial charge on any atom is -0.445 e. The molecule has 4 rings (SSSR count). The van der Waals surface area contributed by atoms with Gasteiger partial charge in [0.2, 0.25) is 0 Å². The maximum Gasteiger partial charge on any atom is 0.410 e. The number of halogens is 2. The molecule has 6 nitrogen and oxygen atoms in total. The number of hydrogen-bond donors (Lipinski definition) is 0. The third-order valence-corrected chi connectivity index (χ3v) is 6.72. The Morgan fingerprint density at radius 2 is 1.84 bits per heavy atom. The molecular formula is C24H27Cl2N3O3. The number of carbonyl (C=O) groups is 2. The van der Waals surface area contributed by atoms with Gasteiger partial charge in [0.15, 0.2) is 0 Å². The monoisotopic (exact) mass is 475 g/mol. The molecule has 0 N–H and O–H groups in total. The van der Waals surface area contributed by atoms with Gasteiger partial charge in [-0.2, -0.15) is 0 Å². The molecule has 1 aliphatic heterocycles. The van der Waals surface area contributed by atoms with Crippen LogP contribution in [-0.2, 0) is 22.6 Å². The van der Waals surface area contributed by atoms with E-state index in [1.807, 2.05) is 0 Å². The molecule has 0 saturated carbocycles. The largest absolute Gasteiger partial charge is 0.445 e. The van der Waals surface area contributed by atoms with Crippen LogP contribution in [0.5, 0.6) is 0 Å². The fourth-order valence-electron chi connectivity index (χ4n) is 4.53. The van der Waals surface area contributed by atoms with Crippen LogP contribution in [0.15, 0.2) is 36.4 Å². The summed E-state index contributed by atoms with van der Waals surface area (Å²) in [4.78, 5) is 29.7. The summed E-state index contributed by atoms with van der Waals surface area (Å²) in [6, 6.07) is 11.7. The third kappa shape index (κ3) is 5.20. The standard InChI is InChI=1S/C24H27Cl2N3O3/c1-27(24(31)32-16-17-12-19(25)14-20(26)13-17)23-5-3-18-2-4-21(15-22(18)23)29-8-6-28(7-9-29)10-11-30/h2,4,11-15,23H,3,5-10,16H2,1H3. The molecule has 1 unspecified atom stereocenters. The van der Waals surface area contributed by atoms with E-state index >= 15 is 0 Å². The van der Waals surface area contributed by atoms with Crippen LogP contribution >= 0.6 is 23.2 Å². The molecule has 170 valence electrons. The summed E-state index contributed by atoms with van der Waals surface area (Å²) in [5.74, 6) is 0. The van der Waals surface area contributed by atoms with Crippen molar-refractivity contribution in [2.75, 3.05) is 44.7 Å². The minimum atomic E-state index is -0.369. The fourth-order valence-corrected chi connectivity index (χ4v) is 5.10. The van der Waals surface area contributed by atoms with Gasteiger partial charge < -0.3 is 19.3 Å². The number of fused-ring (bicyclic) bond motifs is 1. The Bertz CT molecular complexity index is 972. The quantitative estimate of drug-likeness (QED) is 0.572. The summed E-state index contributed by atoms with van der Waals surface area (Å²) in [5, 5.41) is 1.03. The second-order valence-corrected chi connectivity index (χ2v) is 9.21. The van der Waals surface area contributed by atoms with E-state index in [-0.39, 0.29) is 18.7 Å². The molecule has 1 aliphatic carbocycles. The van der Waals surface area contributed by atoms with Crippen molar-refractivity contribution in [2.45, 2.75) is 25.5 Å². The number of aldehydes is 1. The van der Waals surface area contributed by atoms with Crippen molar-refractivity contribution in [3.05, 3.63) is 63.1 Å². The first-order chi connectivity index (χ1) is 15.4. The van der Waals surface area contributed by atoms with Crippen molar-refractivity contribution in [3.63, 3.8) is 0 Å². The third-order valence-electron chi connectivity index (χ3n) is 6.29. The predicted octanol–water partition coefficient (Wildman–Crippen LogP) is 4.57. The van der Waals surface area contributed by atoms with Crippen LogP contribution in [-0.4, -0.2) is 62.0 Å². The van der Waals surface area contributed by atoms with E-state index in [1.54, 1.807) is 30.1 Å². The van der Waals surface area contributed by atoms with Crippen molar-refractivity contribution in [2.24, 2.45) is 0 Å². The number of hydrogen-bond acceptors (Lipinski definition) is 5. The first-order valence-corrected chi connectivity index (χ1v) is 11.6. The van der Waals surface area contributed by atoms with Gasteiger partial charge in [-0.25, -0.2) is 4.79 Å². The van der Waals surface area contributed by atoms with Crippen molar-refractivity contribution < 1.29 is 14.3 Å². The van der Waals surface area contributed by atoms with E-state index in [4.69, 9.17) is 27.9 Å². The Labute approximate surface area is 198 Å². The zero-order valence-corrected chi connectivity index (χ0v) is 19.6. The van der Waals surface area contributed by atoms with E-state index < -0.39 is 0 Å². The van der Waals surface area contributed by atoms with Gasteiger partial charge in [0.1, 0.15) is 12.9 Å². The predicted molar refractivity (Wildman–Crippen MR) is 127 cm³/mol. The highest BCUT2D eigenvalue weighted by Gasteiger charge is 2.30. The van der Waals surface area contributed by atoms with E-state index in [0.29, 0.717) is 16.6 Å². The molecule has 0 spiro atoms. The number of ether oxygens (including phenoxy) is 1. The van der Waals surface area contributed by atoms with Crippen LogP contribution in [0.25, 0.3) is 0 Å². The number of carbonyl (C=O) groups excluding carboxylic acids is 2. The lowest BCUT2D eigenvalue weighted by Gasteiger charge is -2.35. The van der Waals surface area contributed by atoms with E-state index in [1.165, 1.54) is 11.1 Å². The van der Waals surface area contributed by atoms with Crippen LogP contribution in [0.2, 0.25) is 10.0 Å². The fraction of sp³-hybridized carbons (Fsp3) is 0.417. The SMILES string of the molecule is CN(C(=O)OCc1cc(Cl)cc(Cl)c1)C1CCc2ccc(N3CCN(CC=O)CC3)cc21. The van der Waals surface area contributed by atoms with E-state index in [0.717, 1.165) is 56.6 Å². The molecule has 1 amide bonds. The average Bonchev–Trinajstić information content (AvgIpc) is 3.20. The normalized spacial score (nSPS) is 18.3. The number of benzene rings is 2. The van der Waals surface area contributed by atoms with Gasteiger partial charge in [-0.3, -0.25) is 4.90 Å². The Balaban J connectivity index is 1.41. The highest BCUT2D eigenvalue weighted by atomic mass is 35.5. The number of piperazine rings is 1. The second-order valence-electron chi connectivity index (χ2n) is 8.34. The minimum absolute atomic E-state index is 0.0169. The lowest BCUT2D eigenvalue weighted by molar-refractivity contribution is -0.108. The van der Waals surface area contributed by atoms with E-state index in [2.05, 4.69) is 28.0 Å². The highest BCUT2D eigenvalue weighted by molar-refractivity contribution is 6.34. The van der Waals surface area contributed by atoms with Gasteiger partial charge in [-0.15, -0.1) is 0 Å². The smallest absolute Gasteiger partial charge is 0.410 e. The Kier molecular flexibility index (Phi) is 7.23. The van der Waals surface area contributed by atoms with Crippen LogP contribution < -0.4 is 4.90 Å². The lowest BCUT2D eigenvalue weighted by atomic mass is 10.1. The molecule has 0 radical (unpaired) electrons.